The van der Waals surface area contributed by atoms with Gasteiger partial charge in [0.05, 0.1) is 28.6 Å². The van der Waals surface area contributed by atoms with Crippen LogP contribution in [0.15, 0.2) is 88.9 Å². The Morgan fingerprint density at radius 1 is 0.938 bits per heavy atom. The predicted octanol–water partition coefficient (Wildman–Crippen LogP) is 4.25. The Morgan fingerprint density at radius 2 is 1.62 bits per heavy atom. The summed E-state index contributed by atoms with van der Waals surface area (Å²) in [4.78, 5) is 0.0264. The molecule has 1 atom stereocenters. The summed E-state index contributed by atoms with van der Waals surface area (Å²) in [7, 11) is -7.56. The Hall–Kier alpha value is -2.88. The van der Waals surface area contributed by atoms with Crippen molar-refractivity contribution < 1.29 is 16.8 Å². The standard InChI is InChI=1S/C22H20ClN3O4S2/c1-31(27,28)25-20-13-6-5-12-19(20)21-15-22(16-8-3-2-4-9-16)26(24-21)32(29,30)18-11-7-10-17(23)14-18/h2-14,22,25H,15H2,1H3/t22-/m1/s1. The monoisotopic (exact) mass is 489 g/mol. The zero-order valence-corrected chi connectivity index (χ0v) is 19.4. The van der Waals surface area contributed by atoms with Crippen molar-refractivity contribution in [2.24, 2.45) is 5.10 Å². The highest BCUT2D eigenvalue weighted by Gasteiger charge is 2.38. The molecule has 0 fully saturated rings. The minimum atomic E-state index is -4.02. The lowest BCUT2D eigenvalue weighted by atomic mass is 9.98. The lowest BCUT2D eigenvalue weighted by Gasteiger charge is -2.23. The van der Waals surface area contributed by atoms with E-state index >= 15 is 0 Å². The van der Waals surface area contributed by atoms with Gasteiger partial charge in [0.2, 0.25) is 10.0 Å². The van der Waals surface area contributed by atoms with Crippen molar-refractivity contribution in [3.8, 4) is 0 Å². The average Bonchev–Trinajstić information content (AvgIpc) is 3.20. The van der Waals surface area contributed by atoms with E-state index < -0.39 is 26.1 Å². The van der Waals surface area contributed by atoms with Crippen LogP contribution >= 0.6 is 11.6 Å². The zero-order chi connectivity index (χ0) is 22.9. The maximum atomic E-state index is 13.5. The van der Waals surface area contributed by atoms with Crippen LogP contribution in [0.1, 0.15) is 23.6 Å². The fraction of sp³-hybridized carbons (Fsp3) is 0.136. The normalized spacial score (nSPS) is 16.6. The van der Waals surface area contributed by atoms with Crippen molar-refractivity contribution >= 4 is 43.0 Å². The molecule has 0 bridgehead atoms. The Kier molecular flexibility index (Phi) is 5.98. The molecule has 7 nitrogen and oxygen atoms in total. The van der Waals surface area contributed by atoms with Crippen LogP contribution in [0.25, 0.3) is 0 Å². The largest absolute Gasteiger partial charge is 0.283 e. The molecule has 0 unspecified atom stereocenters. The Bertz CT molecular complexity index is 1390. The molecule has 4 rings (SSSR count). The number of anilines is 1. The number of hydrazone groups is 1. The van der Waals surface area contributed by atoms with Crippen molar-refractivity contribution in [1.82, 2.24) is 4.41 Å². The molecule has 10 heteroatoms. The lowest BCUT2D eigenvalue weighted by Crippen LogP contribution is -2.27. The van der Waals surface area contributed by atoms with Crippen molar-refractivity contribution in [3.63, 3.8) is 0 Å². The smallest absolute Gasteiger partial charge is 0.279 e. The van der Waals surface area contributed by atoms with Gasteiger partial charge in [-0.1, -0.05) is 66.2 Å². The minimum Gasteiger partial charge on any atom is -0.283 e. The second-order valence-electron chi connectivity index (χ2n) is 7.33. The third-order valence-electron chi connectivity index (χ3n) is 4.93. The van der Waals surface area contributed by atoms with Gasteiger partial charge in [-0.3, -0.25) is 4.72 Å². The van der Waals surface area contributed by atoms with Crippen molar-refractivity contribution in [3.05, 3.63) is 95.0 Å². The molecule has 1 aliphatic rings. The highest BCUT2D eigenvalue weighted by atomic mass is 35.5. The second-order valence-corrected chi connectivity index (χ2v) is 11.3. The summed E-state index contributed by atoms with van der Waals surface area (Å²) in [5.74, 6) is 0. The highest BCUT2D eigenvalue weighted by Crippen LogP contribution is 2.38. The van der Waals surface area contributed by atoms with Gasteiger partial charge in [0.1, 0.15) is 0 Å². The second kappa shape index (κ2) is 8.57. The van der Waals surface area contributed by atoms with E-state index in [1.807, 2.05) is 30.3 Å². The van der Waals surface area contributed by atoms with E-state index in [-0.39, 0.29) is 11.3 Å². The molecule has 0 saturated carbocycles. The van der Waals surface area contributed by atoms with E-state index in [9.17, 15) is 16.8 Å². The average molecular weight is 490 g/mol. The number of halogens is 1. The lowest BCUT2D eigenvalue weighted by molar-refractivity contribution is 0.371. The molecule has 0 spiro atoms. The van der Waals surface area contributed by atoms with Crippen LogP contribution in [-0.4, -0.2) is 33.2 Å². The zero-order valence-electron chi connectivity index (χ0n) is 17.0. The van der Waals surface area contributed by atoms with Crippen LogP contribution in [0, 0.1) is 0 Å². The van der Waals surface area contributed by atoms with Crippen LogP contribution in [-0.2, 0) is 20.0 Å². The molecule has 1 aliphatic heterocycles. The molecule has 0 aromatic heterocycles. The van der Waals surface area contributed by atoms with Gasteiger partial charge in [-0.05, 0) is 29.8 Å². The first-order valence-electron chi connectivity index (χ1n) is 9.65. The quantitative estimate of drug-likeness (QED) is 0.559. The summed E-state index contributed by atoms with van der Waals surface area (Å²) < 4.78 is 54.2. The summed E-state index contributed by atoms with van der Waals surface area (Å²) in [5.41, 5.74) is 2.08. The van der Waals surface area contributed by atoms with E-state index in [0.29, 0.717) is 22.0 Å². The van der Waals surface area contributed by atoms with Crippen LogP contribution in [0.5, 0.6) is 0 Å². The third-order valence-corrected chi connectivity index (χ3v) is 7.43. The molecular formula is C22H20ClN3O4S2. The summed E-state index contributed by atoms with van der Waals surface area (Å²) >= 11 is 6.03. The summed E-state index contributed by atoms with van der Waals surface area (Å²) in [6.07, 6.45) is 1.33. The molecule has 0 radical (unpaired) electrons. The molecule has 1 N–H and O–H groups in total. The predicted molar refractivity (Wildman–Crippen MR) is 126 cm³/mol. The van der Waals surface area contributed by atoms with Crippen LogP contribution in [0.2, 0.25) is 5.02 Å². The van der Waals surface area contributed by atoms with Crippen LogP contribution < -0.4 is 4.72 Å². The van der Waals surface area contributed by atoms with Gasteiger partial charge in [0.25, 0.3) is 10.0 Å². The molecule has 166 valence electrons. The van der Waals surface area contributed by atoms with Gasteiger partial charge in [-0.25, -0.2) is 8.42 Å². The molecule has 1 heterocycles. The fourth-order valence-corrected chi connectivity index (χ4v) is 5.87. The number of sulfonamides is 2. The van der Waals surface area contributed by atoms with Gasteiger partial charge >= 0.3 is 0 Å². The van der Waals surface area contributed by atoms with Gasteiger partial charge < -0.3 is 0 Å². The molecule has 3 aromatic rings. The number of para-hydroxylation sites is 1. The number of hydrogen-bond acceptors (Lipinski definition) is 5. The molecule has 0 aliphatic carbocycles. The van der Waals surface area contributed by atoms with E-state index in [4.69, 9.17) is 11.6 Å². The molecular weight excluding hydrogens is 470 g/mol. The van der Waals surface area contributed by atoms with Crippen molar-refractivity contribution in [2.75, 3.05) is 11.0 Å². The molecule has 3 aromatic carbocycles. The maximum absolute atomic E-state index is 13.5. The third kappa shape index (κ3) is 4.64. The summed E-state index contributed by atoms with van der Waals surface area (Å²) in [6, 6.07) is 21.4. The van der Waals surface area contributed by atoms with E-state index in [1.54, 1.807) is 36.4 Å². The molecule has 0 saturated heterocycles. The Morgan fingerprint density at radius 3 is 2.31 bits per heavy atom. The fourth-order valence-electron chi connectivity index (χ4n) is 3.56. The number of hydrogen-bond donors (Lipinski definition) is 1. The van der Waals surface area contributed by atoms with Gasteiger partial charge in [0, 0.05) is 17.0 Å². The molecule has 32 heavy (non-hydrogen) atoms. The first-order chi connectivity index (χ1) is 15.1. The highest BCUT2D eigenvalue weighted by molar-refractivity contribution is 7.92. The van der Waals surface area contributed by atoms with Crippen molar-refractivity contribution in [2.45, 2.75) is 17.4 Å². The maximum Gasteiger partial charge on any atom is 0.279 e. The van der Waals surface area contributed by atoms with E-state index in [2.05, 4.69) is 9.82 Å². The number of benzene rings is 3. The van der Waals surface area contributed by atoms with E-state index in [1.165, 1.54) is 12.1 Å². The van der Waals surface area contributed by atoms with Crippen LogP contribution in [0.3, 0.4) is 0 Å². The van der Waals surface area contributed by atoms with Gasteiger partial charge in [0.15, 0.2) is 0 Å². The molecule has 0 amide bonds. The van der Waals surface area contributed by atoms with Gasteiger partial charge in [-0.2, -0.15) is 17.9 Å². The van der Waals surface area contributed by atoms with Gasteiger partial charge in [-0.15, -0.1) is 0 Å². The minimum absolute atomic E-state index is 0.0264. The Labute approximate surface area is 192 Å². The summed E-state index contributed by atoms with van der Waals surface area (Å²) in [5, 5.41) is 4.77. The van der Waals surface area contributed by atoms with Crippen LogP contribution in [0.4, 0.5) is 5.69 Å². The van der Waals surface area contributed by atoms with Crippen molar-refractivity contribution in [1.29, 1.82) is 0 Å². The topological polar surface area (TPSA) is 95.9 Å². The number of nitrogens with zero attached hydrogens (tertiary/aromatic N) is 2. The number of nitrogens with one attached hydrogen (secondary N) is 1. The first-order valence-corrected chi connectivity index (χ1v) is 13.4. The number of rotatable bonds is 6. The Balaban J connectivity index is 1.83. The SMILES string of the molecule is CS(=O)(=O)Nc1ccccc1C1=NN(S(=O)(=O)c2cccc(Cl)c2)[C@@H](c2ccccc2)C1. The summed E-state index contributed by atoms with van der Waals surface area (Å²) in [6.45, 7) is 0. The first kappa shape index (κ1) is 22.3. The van der Waals surface area contributed by atoms with E-state index in [0.717, 1.165) is 16.2 Å².